The topological polar surface area (TPSA) is 73.5 Å². The molecule has 0 bridgehead atoms. The molecule has 3 N–H and O–H groups in total. The lowest BCUT2D eigenvalue weighted by atomic mass is 10.1. The van der Waals surface area contributed by atoms with Gasteiger partial charge in [0, 0.05) is 36.2 Å². The molecule has 6 nitrogen and oxygen atoms in total. The minimum absolute atomic E-state index is 0.0482. The molecule has 1 heterocycles. The van der Waals surface area contributed by atoms with Crippen LogP contribution in [0.15, 0.2) is 36.4 Å². The van der Waals surface area contributed by atoms with Crippen LogP contribution >= 0.6 is 11.6 Å². The van der Waals surface area contributed by atoms with Gasteiger partial charge >= 0.3 is 6.03 Å². The third kappa shape index (κ3) is 5.42. The highest BCUT2D eigenvalue weighted by atomic mass is 35.5. The first-order chi connectivity index (χ1) is 14.4. The number of urea groups is 1. The third-order valence-corrected chi connectivity index (χ3v) is 5.40. The van der Waals surface area contributed by atoms with Crippen LogP contribution < -0.4 is 20.9 Å². The summed E-state index contributed by atoms with van der Waals surface area (Å²) in [5, 5.41) is 8.25. The molecule has 1 aliphatic rings. The van der Waals surface area contributed by atoms with Crippen LogP contribution in [0.1, 0.15) is 43.5 Å². The van der Waals surface area contributed by atoms with Crippen LogP contribution in [0.5, 0.6) is 0 Å². The Morgan fingerprint density at radius 3 is 2.37 bits per heavy atom. The van der Waals surface area contributed by atoms with E-state index in [2.05, 4.69) is 20.9 Å². The number of hydrogen-bond donors (Lipinski definition) is 3. The molecule has 1 atom stereocenters. The zero-order valence-electron chi connectivity index (χ0n) is 17.1. The maximum absolute atomic E-state index is 13.3. The molecule has 3 amide bonds. The second kappa shape index (κ2) is 9.80. The van der Waals surface area contributed by atoms with E-state index in [9.17, 15) is 14.0 Å². The Morgan fingerprint density at radius 1 is 1.10 bits per heavy atom. The van der Waals surface area contributed by atoms with Gasteiger partial charge in [-0.05, 0) is 62.6 Å². The van der Waals surface area contributed by atoms with Crippen molar-refractivity contribution in [2.75, 3.05) is 28.6 Å². The van der Waals surface area contributed by atoms with Gasteiger partial charge in [-0.3, -0.25) is 4.79 Å². The summed E-state index contributed by atoms with van der Waals surface area (Å²) in [4.78, 5) is 27.4. The number of halogens is 2. The molecule has 0 aliphatic carbocycles. The Balaban J connectivity index is 1.78. The van der Waals surface area contributed by atoms with Gasteiger partial charge in [0.1, 0.15) is 5.82 Å². The Bertz CT molecular complexity index is 931. The van der Waals surface area contributed by atoms with Crippen molar-refractivity contribution in [1.82, 2.24) is 5.32 Å². The first kappa shape index (κ1) is 21.9. The molecule has 2 aromatic carbocycles. The first-order valence-electron chi connectivity index (χ1n) is 10.1. The van der Waals surface area contributed by atoms with Crippen molar-refractivity contribution >= 4 is 40.6 Å². The van der Waals surface area contributed by atoms with E-state index in [-0.39, 0.29) is 17.0 Å². The van der Waals surface area contributed by atoms with Crippen molar-refractivity contribution in [3.05, 3.63) is 52.8 Å². The number of nitrogens with one attached hydrogen (secondary N) is 3. The van der Waals surface area contributed by atoms with Crippen molar-refractivity contribution in [3.63, 3.8) is 0 Å². The Hall–Kier alpha value is -2.80. The number of carbonyl (C=O) groups excluding carboxylic acids is 2. The number of benzene rings is 2. The fourth-order valence-electron chi connectivity index (χ4n) is 3.30. The van der Waals surface area contributed by atoms with Crippen LogP contribution in [0, 0.1) is 5.82 Å². The van der Waals surface area contributed by atoms with E-state index in [1.807, 2.05) is 19.9 Å². The van der Waals surface area contributed by atoms with Crippen LogP contribution in [-0.4, -0.2) is 31.1 Å². The lowest BCUT2D eigenvalue weighted by Gasteiger charge is -2.23. The van der Waals surface area contributed by atoms with Gasteiger partial charge in [0.15, 0.2) is 0 Å². The molecule has 0 radical (unpaired) electrons. The molecule has 3 rings (SSSR count). The number of rotatable bonds is 6. The Labute approximate surface area is 180 Å². The van der Waals surface area contributed by atoms with E-state index >= 15 is 0 Å². The second-order valence-corrected chi connectivity index (χ2v) is 7.82. The smallest absolute Gasteiger partial charge is 0.323 e. The summed E-state index contributed by atoms with van der Waals surface area (Å²) in [5.74, 6) is -0.724. The highest BCUT2D eigenvalue weighted by Crippen LogP contribution is 2.28. The molecule has 2 aromatic rings. The van der Waals surface area contributed by atoms with Crippen LogP contribution in [0.25, 0.3) is 0 Å². The van der Waals surface area contributed by atoms with Crippen molar-refractivity contribution in [1.29, 1.82) is 0 Å². The minimum Gasteiger partial charge on any atom is -0.371 e. The highest BCUT2D eigenvalue weighted by Gasteiger charge is 2.21. The number of hydrogen-bond acceptors (Lipinski definition) is 3. The quantitative estimate of drug-likeness (QED) is 0.583. The van der Waals surface area contributed by atoms with Gasteiger partial charge in [0.25, 0.3) is 5.91 Å². The summed E-state index contributed by atoms with van der Waals surface area (Å²) in [5.41, 5.74) is 2.24. The summed E-state index contributed by atoms with van der Waals surface area (Å²) in [7, 11) is 0. The number of anilines is 3. The van der Waals surface area contributed by atoms with E-state index in [1.165, 1.54) is 18.2 Å². The average molecular weight is 433 g/mol. The summed E-state index contributed by atoms with van der Waals surface area (Å²) < 4.78 is 13.3. The fourth-order valence-corrected chi connectivity index (χ4v) is 3.48. The van der Waals surface area contributed by atoms with Gasteiger partial charge in [0.05, 0.1) is 10.6 Å². The molecule has 30 heavy (non-hydrogen) atoms. The molecule has 1 saturated heterocycles. The molecule has 0 spiro atoms. The van der Waals surface area contributed by atoms with Crippen LogP contribution in [0.4, 0.5) is 26.2 Å². The summed E-state index contributed by atoms with van der Waals surface area (Å²) >= 11 is 5.75. The van der Waals surface area contributed by atoms with Gasteiger partial charge in [-0.15, -0.1) is 0 Å². The van der Waals surface area contributed by atoms with E-state index in [0.29, 0.717) is 16.9 Å². The molecular weight excluding hydrogens is 407 g/mol. The SMILES string of the molecule is CCC(C)NC(=O)c1cc(NC(=O)Nc2ccc(F)c(Cl)c2)ccc1N1CCCC1. The van der Waals surface area contributed by atoms with E-state index < -0.39 is 11.8 Å². The molecule has 0 aromatic heterocycles. The maximum atomic E-state index is 13.3. The monoisotopic (exact) mass is 432 g/mol. The normalized spacial score (nSPS) is 14.3. The molecular formula is C22H26ClFN4O2. The summed E-state index contributed by atoms with van der Waals surface area (Å²) in [6.07, 6.45) is 3.01. The van der Waals surface area contributed by atoms with Crippen molar-refractivity contribution < 1.29 is 14.0 Å². The second-order valence-electron chi connectivity index (χ2n) is 7.42. The highest BCUT2D eigenvalue weighted by molar-refractivity contribution is 6.31. The third-order valence-electron chi connectivity index (χ3n) is 5.11. The molecule has 1 fully saturated rings. The predicted molar refractivity (Wildman–Crippen MR) is 119 cm³/mol. The zero-order chi connectivity index (χ0) is 21.7. The van der Waals surface area contributed by atoms with Gasteiger partial charge in [-0.2, -0.15) is 0 Å². The number of nitrogens with zero attached hydrogens (tertiary/aromatic N) is 1. The number of amides is 3. The van der Waals surface area contributed by atoms with Crippen molar-refractivity contribution in [3.8, 4) is 0 Å². The average Bonchev–Trinajstić information content (AvgIpc) is 3.25. The summed E-state index contributed by atoms with van der Waals surface area (Å²) in [6, 6.07) is 8.78. The fraction of sp³-hybridized carbons (Fsp3) is 0.364. The molecule has 8 heteroatoms. The van der Waals surface area contributed by atoms with Gasteiger partial charge in [0.2, 0.25) is 0 Å². The first-order valence-corrected chi connectivity index (χ1v) is 10.5. The predicted octanol–water partition coefficient (Wildman–Crippen LogP) is 5.25. The lowest BCUT2D eigenvalue weighted by molar-refractivity contribution is 0.0939. The van der Waals surface area contributed by atoms with Crippen molar-refractivity contribution in [2.45, 2.75) is 39.2 Å². The molecule has 1 unspecified atom stereocenters. The molecule has 1 aliphatic heterocycles. The minimum atomic E-state index is -0.558. The van der Waals surface area contributed by atoms with E-state index in [4.69, 9.17) is 11.6 Å². The number of carbonyl (C=O) groups is 2. The Morgan fingerprint density at radius 2 is 1.73 bits per heavy atom. The zero-order valence-corrected chi connectivity index (χ0v) is 17.9. The van der Waals surface area contributed by atoms with E-state index in [1.54, 1.807) is 12.1 Å². The van der Waals surface area contributed by atoms with Crippen LogP contribution in [-0.2, 0) is 0 Å². The van der Waals surface area contributed by atoms with Crippen LogP contribution in [0.3, 0.4) is 0 Å². The Kier molecular flexibility index (Phi) is 7.15. The maximum Gasteiger partial charge on any atom is 0.323 e. The molecule has 160 valence electrons. The van der Waals surface area contributed by atoms with E-state index in [0.717, 1.165) is 38.0 Å². The largest absolute Gasteiger partial charge is 0.371 e. The standard InChI is InChI=1S/C22H26ClFN4O2/c1-3-14(2)25-21(29)17-12-15(7-9-20(17)28-10-4-5-11-28)26-22(30)27-16-6-8-19(24)18(23)13-16/h6-9,12-14H,3-5,10-11H2,1-2H3,(H,25,29)(H2,26,27,30). The van der Waals surface area contributed by atoms with Crippen molar-refractivity contribution in [2.24, 2.45) is 0 Å². The van der Waals surface area contributed by atoms with Crippen LogP contribution in [0.2, 0.25) is 5.02 Å². The molecule has 0 saturated carbocycles. The lowest BCUT2D eigenvalue weighted by Crippen LogP contribution is -2.33. The summed E-state index contributed by atoms with van der Waals surface area (Å²) in [6.45, 7) is 5.78. The van der Waals surface area contributed by atoms with Gasteiger partial charge in [-0.1, -0.05) is 18.5 Å². The van der Waals surface area contributed by atoms with Gasteiger partial charge < -0.3 is 20.9 Å². The van der Waals surface area contributed by atoms with Gasteiger partial charge in [-0.25, -0.2) is 9.18 Å².